The number of phenolic OH excluding ortho intramolecular Hbond substituents is 1. The number of aromatic nitrogens is 2. The maximum Gasteiger partial charge on any atom is 0.434 e. The zero-order valence-electron chi connectivity index (χ0n) is 16.5. The lowest BCUT2D eigenvalue weighted by atomic mass is 10.2. The summed E-state index contributed by atoms with van der Waals surface area (Å²) in [7, 11) is 0. The van der Waals surface area contributed by atoms with Gasteiger partial charge < -0.3 is 15.7 Å². The van der Waals surface area contributed by atoms with Gasteiger partial charge in [0, 0.05) is 23.7 Å². The quantitative estimate of drug-likeness (QED) is 0.461. The van der Waals surface area contributed by atoms with Gasteiger partial charge in [0.1, 0.15) is 5.75 Å². The number of amides is 2. The number of nitrogens with one attached hydrogen (secondary N) is 2. The summed E-state index contributed by atoms with van der Waals surface area (Å²) in [6.45, 7) is 0.202. The standard InChI is InChI=1S/C21H18ClF3N4O3/c22-14-5-7-15(8-6-14)29-18(21(23,24)25)17(12-28-29)20(32)27-10-2-9-26-19(31)13-3-1-4-16(30)11-13/h1,3-8,11-12,30H,2,9-10H2,(H,26,31)(H,27,32). The predicted octanol–water partition coefficient (Wildman–Crippen LogP) is 3.80. The highest BCUT2D eigenvalue weighted by molar-refractivity contribution is 6.30. The highest BCUT2D eigenvalue weighted by Crippen LogP contribution is 2.33. The van der Waals surface area contributed by atoms with Crippen molar-refractivity contribution in [2.75, 3.05) is 13.1 Å². The van der Waals surface area contributed by atoms with E-state index in [0.29, 0.717) is 9.70 Å². The number of carbonyl (C=O) groups excluding carboxylic acids is 2. The molecule has 0 aliphatic rings. The first-order valence-corrected chi connectivity index (χ1v) is 9.81. The van der Waals surface area contributed by atoms with Gasteiger partial charge in [0.25, 0.3) is 11.8 Å². The summed E-state index contributed by atoms with van der Waals surface area (Å²) in [5.41, 5.74) is -1.44. The van der Waals surface area contributed by atoms with Crippen LogP contribution in [0.1, 0.15) is 32.8 Å². The normalized spacial score (nSPS) is 11.2. The van der Waals surface area contributed by atoms with Gasteiger partial charge in [0.05, 0.1) is 17.4 Å². The third-order valence-electron chi connectivity index (χ3n) is 4.39. The maximum absolute atomic E-state index is 13.7. The van der Waals surface area contributed by atoms with E-state index < -0.39 is 29.2 Å². The zero-order valence-corrected chi connectivity index (χ0v) is 17.2. The lowest BCUT2D eigenvalue weighted by Gasteiger charge is -2.13. The fraction of sp³-hybridized carbons (Fsp3) is 0.190. The molecule has 1 aromatic heterocycles. The summed E-state index contributed by atoms with van der Waals surface area (Å²) >= 11 is 5.78. The monoisotopic (exact) mass is 466 g/mol. The molecule has 0 fully saturated rings. The molecule has 1 heterocycles. The molecule has 168 valence electrons. The van der Waals surface area contributed by atoms with Crippen LogP contribution >= 0.6 is 11.6 Å². The van der Waals surface area contributed by atoms with Gasteiger partial charge in [-0.1, -0.05) is 17.7 Å². The lowest BCUT2D eigenvalue weighted by molar-refractivity contribution is -0.143. The number of hydrogen-bond acceptors (Lipinski definition) is 4. The molecular formula is C21H18ClF3N4O3. The van der Waals surface area contributed by atoms with E-state index >= 15 is 0 Å². The zero-order chi connectivity index (χ0) is 23.3. The van der Waals surface area contributed by atoms with E-state index in [-0.39, 0.29) is 36.5 Å². The Balaban J connectivity index is 1.60. The van der Waals surface area contributed by atoms with Gasteiger partial charge in [-0.25, -0.2) is 4.68 Å². The molecule has 0 spiro atoms. The van der Waals surface area contributed by atoms with E-state index in [1.807, 2.05) is 0 Å². The lowest BCUT2D eigenvalue weighted by Crippen LogP contribution is -2.31. The number of aromatic hydroxyl groups is 1. The molecule has 7 nitrogen and oxygen atoms in total. The number of alkyl halides is 3. The van der Waals surface area contributed by atoms with E-state index in [0.717, 1.165) is 6.20 Å². The van der Waals surface area contributed by atoms with Crippen LogP contribution in [0.5, 0.6) is 5.75 Å². The number of hydrogen-bond donors (Lipinski definition) is 3. The topological polar surface area (TPSA) is 96.3 Å². The molecule has 3 N–H and O–H groups in total. The third-order valence-corrected chi connectivity index (χ3v) is 4.64. The Hall–Kier alpha value is -3.53. The summed E-state index contributed by atoms with van der Waals surface area (Å²) in [5, 5.41) is 18.5. The molecule has 0 radical (unpaired) electrons. The molecule has 0 saturated carbocycles. The van der Waals surface area contributed by atoms with E-state index in [2.05, 4.69) is 15.7 Å². The van der Waals surface area contributed by atoms with Crippen molar-refractivity contribution < 1.29 is 27.9 Å². The smallest absolute Gasteiger partial charge is 0.434 e. The van der Waals surface area contributed by atoms with E-state index in [1.54, 1.807) is 0 Å². The Bertz CT molecular complexity index is 1110. The van der Waals surface area contributed by atoms with Gasteiger partial charge in [0.15, 0.2) is 5.69 Å². The van der Waals surface area contributed by atoms with Gasteiger partial charge in [-0.15, -0.1) is 0 Å². The van der Waals surface area contributed by atoms with Crippen molar-refractivity contribution in [3.63, 3.8) is 0 Å². The van der Waals surface area contributed by atoms with Crippen molar-refractivity contribution in [3.05, 3.63) is 76.6 Å². The van der Waals surface area contributed by atoms with Gasteiger partial charge in [0.2, 0.25) is 0 Å². The van der Waals surface area contributed by atoms with Crippen LogP contribution in [0.3, 0.4) is 0 Å². The molecule has 11 heteroatoms. The summed E-state index contributed by atoms with van der Waals surface area (Å²) in [6.07, 6.45) is -3.68. The fourth-order valence-electron chi connectivity index (χ4n) is 2.90. The van der Waals surface area contributed by atoms with Crippen LogP contribution in [0.2, 0.25) is 5.02 Å². The molecule has 0 atom stereocenters. The van der Waals surface area contributed by atoms with Crippen LogP contribution in [-0.2, 0) is 6.18 Å². The highest BCUT2D eigenvalue weighted by Gasteiger charge is 2.40. The van der Waals surface area contributed by atoms with E-state index in [4.69, 9.17) is 11.6 Å². The van der Waals surface area contributed by atoms with Gasteiger partial charge in [-0.2, -0.15) is 18.3 Å². The third kappa shape index (κ3) is 5.58. The fourth-order valence-corrected chi connectivity index (χ4v) is 3.03. The minimum atomic E-state index is -4.82. The second-order valence-corrected chi connectivity index (χ2v) is 7.14. The number of nitrogens with zero attached hydrogens (tertiary/aromatic N) is 2. The first kappa shape index (κ1) is 23.1. The Kier molecular flexibility index (Phi) is 7.04. The molecule has 0 aliphatic carbocycles. The Morgan fingerprint density at radius 3 is 2.31 bits per heavy atom. The first-order valence-electron chi connectivity index (χ1n) is 9.43. The summed E-state index contributed by atoms with van der Waals surface area (Å²) < 4.78 is 41.6. The molecule has 0 unspecified atom stereocenters. The van der Waals surface area contributed by atoms with Crippen molar-refractivity contribution in [1.82, 2.24) is 20.4 Å². The second-order valence-electron chi connectivity index (χ2n) is 6.71. The molecular weight excluding hydrogens is 449 g/mol. The molecule has 0 saturated heterocycles. The predicted molar refractivity (Wildman–Crippen MR) is 111 cm³/mol. The molecule has 3 aromatic rings. The van der Waals surface area contributed by atoms with Crippen molar-refractivity contribution in [1.29, 1.82) is 0 Å². The van der Waals surface area contributed by atoms with Gasteiger partial charge >= 0.3 is 6.18 Å². The van der Waals surface area contributed by atoms with Crippen LogP contribution in [-0.4, -0.2) is 39.8 Å². The van der Waals surface area contributed by atoms with Crippen LogP contribution < -0.4 is 10.6 Å². The largest absolute Gasteiger partial charge is 0.508 e. The highest BCUT2D eigenvalue weighted by atomic mass is 35.5. The molecule has 0 bridgehead atoms. The van der Waals surface area contributed by atoms with Crippen LogP contribution in [0.4, 0.5) is 13.2 Å². The van der Waals surface area contributed by atoms with Gasteiger partial charge in [-0.3, -0.25) is 9.59 Å². The van der Waals surface area contributed by atoms with Crippen LogP contribution in [0.15, 0.2) is 54.7 Å². The number of carbonyl (C=O) groups is 2. The van der Waals surface area contributed by atoms with Crippen molar-refractivity contribution >= 4 is 23.4 Å². The number of phenols is 1. The van der Waals surface area contributed by atoms with E-state index in [1.165, 1.54) is 48.5 Å². The van der Waals surface area contributed by atoms with Crippen molar-refractivity contribution in [2.45, 2.75) is 12.6 Å². The van der Waals surface area contributed by atoms with Crippen LogP contribution in [0.25, 0.3) is 5.69 Å². The number of halogens is 4. The minimum Gasteiger partial charge on any atom is -0.508 e. The number of rotatable bonds is 7. The van der Waals surface area contributed by atoms with Gasteiger partial charge in [-0.05, 0) is 48.9 Å². The summed E-state index contributed by atoms with van der Waals surface area (Å²) in [6, 6.07) is 11.3. The molecule has 2 amide bonds. The summed E-state index contributed by atoms with van der Waals surface area (Å²) in [4.78, 5) is 24.3. The van der Waals surface area contributed by atoms with Crippen molar-refractivity contribution in [3.8, 4) is 11.4 Å². The SMILES string of the molecule is O=C(NCCCNC(=O)c1cnn(-c2ccc(Cl)cc2)c1C(F)(F)F)c1cccc(O)c1. The minimum absolute atomic E-state index is 0.0303. The molecule has 32 heavy (non-hydrogen) atoms. The average molecular weight is 467 g/mol. The Morgan fingerprint density at radius 1 is 1.03 bits per heavy atom. The first-order chi connectivity index (χ1) is 15.2. The second kappa shape index (κ2) is 9.73. The van der Waals surface area contributed by atoms with Crippen LogP contribution in [0, 0.1) is 0 Å². The maximum atomic E-state index is 13.7. The molecule has 3 rings (SSSR count). The molecule has 2 aromatic carbocycles. The number of benzene rings is 2. The van der Waals surface area contributed by atoms with E-state index in [9.17, 15) is 27.9 Å². The molecule has 0 aliphatic heterocycles. The summed E-state index contributed by atoms with van der Waals surface area (Å²) in [5.74, 6) is -1.41. The average Bonchev–Trinajstić information content (AvgIpc) is 3.19. The Morgan fingerprint density at radius 2 is 1.69 bits per heavy atom. The Labute approximate surface area is 185 Å². The van der Waals surface area contributed by atoms with Crippen molar-refractivity contribution in [2.24, 2.45) is 0 Å².